The van der Waals surface area contributed by atoms with Crippen LogP contribution < -0.4 is 11.2 Å². The molecule has 0 spiro atoms. The van der Waals surface area contributed by atoms with Gasteiger partial charge in [0.1, 0.15) is 5.56 Å². The Morgan fingerprint density at radius 3 is 2.83 bits per heavy atom. The molecule has 0 saturated carbocycles. The number of rotatable bonds is 1. The van der Waals surface area contributed by atoms with Gasteiger partial charge in [0, 0.05) is 19.3 Å². The zero-order valence-corrected chi connectivity index (χ0v) is 9.97. The Morgan fingerprint density at radius 1 is 1.50 bits per heavy atom. The molecule has 2 rings (SSSR count). The summed E-state index contributed by atoms with van der Waals surface area (Å²) in [7, 11) is 0. The summed E-state index contributed by atoms with van der Waals surface area (Å²) in [6, 6.07) is 0. The monoisotopic (exact) mass is 253 g/mol. The number of nitrogens with one attached hydrogen (secondary N) is 2. The highest BCUT2D eigenvalue weighted by Gasteiger charge is 2.28. The molecular weight excluding hydrogens is 238 g/mol. The molecule has 1 aliphatic rings. The predicted molar refractivity (Wildman–Crippen MR) is 63.4 cm³/mol. The molecule has 2 unspecified atom stereocenters. The van der Waals surface area contributed by atoms with Crippen molar-refractivity contribution >= 4 is 5.91 Å². The smallest absolute Gasteiger partial charge is 0.325 e. The quantitative estimate of drug-likeness (QED) is 0.591. The lowest BCUT2D eigenvalue weighted by atomic mass is 9.96. The molecule has 7 nitrogen and oxygen atoms in total. The Balaban J connectivity index is 2.22. The standard InChI is InChI=1S/C11H15N3O4/c1-6-5-14(3-2-8(6)15)10(17)7-4-12-11(18)13-9(7)16/h4,6,8,15H,2-3,5H2,1H3,(H2,12,13,16,18). The summed E-state index contributed by atoms with van der Waals surface area (Å²) in [5.74, 6) is -0.448. The van der Waals surface area contributed by atoms with Crippen molar-refractivity contribution in [1.29, 1.82) is 0 Å². The largest absolute Gasteiger partial charge is 0.393 e. The Bertz CT molecular complexity index is 562. The normalized spacial score (nSPS) is 24.0. The van der Waals surface area contributed by atoms with Crippen LogP contribution in [-0.4, -0.2) is 45.1 Å². The van der Waals surface area contributed by atoms with Gasteiger partial charge < -0.3 is 15.0 Å². The molecule has 1 aromatic rings. The van der Waals surface area contributed by atoms with Crippen molar-refractivity contribution in [2.45, 2.75) is 19.4 Å². The number of carbonyl (C=O) groups is 1. The molecule has 1 aliphatic heterocycles. The second kappa shape index (κ2) is 4.77. The zero-order chi connectivity index (χ0) is 13.3. The predicted octanol–water partition coefficient (Wildman–Crippen LogP) is -1.09. The molecule has 2 atom stereocenters. The fourth-order valence-corrected chi connectivity index (χ4v) is 2.06. The van der Waals surface area contributed by atoms with Crippen LogP contribution in [0, 0.1) is 5.92 Å². The molecule has 0 aliphatic carbocycles. The van der Waals surface area contributed by atoms with Crippen molar-refractivity contribution in [3.8, 4) is 0 Å². The van der Waals surface area contributed by atoms with Gasteiger partial charge in [0.05, 0.1) is 6.10 Å². The van der Waals surface area contributed by atoms with Crippen molar-refractivity contribution in [1.82, 2.24) is 14.9 Å². The number of nitrogens with zero attached hydrogens (tertiary/aromatic N) is 1. The summed E-state index contributed by atoms with van der Waals surface area (Å²) in [5.41, 5.74) is -1.42. The van der Waals surface area contributed by atoms with Gasteiger partial charge in [-0.3, -0.25) is 14.6 Å². The van der Waals surface area contributed by atoms with E-state index in [2.05, 4.69) is 4.98 Å². The van der Waals surface area contributed by atoms with Gasteiger partial charge in [0.2, 0.25) is 0 Å². The maximum atomic E-state index is 12.1. The second-order valence-corrected chi connectivity index (χ2v) is 4.57. The number of aromatic nitrogens is 2. The second-order valence-electron chi connectivity index (χ2n) is 4.57. The van der Waals surface area contributed by atoms with E-state index in [1.165, 1.54) is 4.90 Å². The summed E-state index contributed by atoms with van der Waals surface area (Å²) in [5, 5.41) is 9.59. The first-order chi connectivity index (χ1) is 8.49. The molecule has 1 saturated heterocycles. The molecule has 1 aromatic heterocycles. The highest BCUT2D eigenvalue weighted by molar-refractivity contribution is 5.93. The summed E-state index contributed by atoms with van der Waals surface area (Å²) < 4.78 is 0. The van der Waals surface area contributed by atoms with Gasteiger partial charge in [-0.2, -0.15) is 0 Å². The van der Waals surface area contributed by atoms with Crippen molar-refractivity contribution in [2.75, 3.05) is 13.1 Å². The summed E-state index contributed by atoms with van der Waals surface area (Å²) in [6.07, 6.45) is 1.20. The number of hydrogen-bond donors (Lipinski definition) is 3. The topological polar surface area (TPSA) is 106 Å². The summed E-state index contributed by atoms with van der Waals surface area (Å²) in [6.45, 7) is 2.66. The number of hydrogen-bond acceptors (Lipinski definition) is 4. The van der Waals surface area contributed by atoms with Gasteiger partial charge in [-0.1, -0.05) is 6.92 Å². The lowest BCUT2D eigenvalue weighted by molar-refractivity contribution is 0.0296. The zero-order valence-electron chi connectivity index (χ0n) is 9.97. The lowest BCUT2D eigenvalue weighted by Crippen LogP contribution is -2.46. The minimum atomic E-state index is -0.692. The van der Waals surface area contributed by atoms with E-state index in [0.29, 0.717) is 19.5 Å². The number of aromatic amines is 2. The van der Waals surface area contributed by atoms with E-state index >= 15 is 0 Å². The van der Waals surface area contributed by atoms with Crippen LogP contribution in [0.5, 0.6) is 0 Å². The third kappa shape index (κ3) is 2.35. The Hall–Kier alpha value is -1.89. The fourth-order valence-electron chi connectivity index (χ4n) is 2.06. The molecule has 2 heterocycles. The highest BCUT2D eigenvalue weighted by atomic mass is 16.3. The minimum Gasteiger partial charge on any atom is -0.393 e. The lowest BCUT2D eigenvalue weighted by Gasteiger charge is -2.34. The van der Waals surface area contributed by atoms with Crippen LogP contribution in [0.25, 0.3) is 0 Å². The van der Waals surface area contributed by atoms with Crippen LogP contribution in [-0.2, 0) is 0 Å². The van der Waals surface area contributed by atoms with E-state index in [4.69, 9.17) is 0 Å². The molecule has 7 heteroatoms. The third-order valence-electron chi connectivity index (χ3n) is 3.20. The molecule has 0 bridgehead atoms. The van der Waals surface area contributed by atoms with Gasteiger partial charge in [-0.25, -0.2) is 4.79 Å². The third-order valence-corrected chi connectivity index (χ3v) is 3.20. The summed E-state index contributed by atoms with van der Waals surface area (Å²) in [4.78, 5) is 40.3. The van der Waals surface area contributed by atoms with Crippen molar-refractivity contribution in [3.63, 3.8) is 0 Å². The van der Waals surface area contributed by atoms with Gasteiger partial charge in [0.15, 0.2) is 0 Å². The van der Waals surface area contributed by atoms with Crippen LogP contribution in [0.2, 0.25) is 0 Å². The Kier molecular flexibility index (Phi) is 3.33. The first-order valence-corrected chi connectivity index (χ1v) is 5.78. The number of piperidine rings is 1. The molecule has 18 heavy (non-hydrogen) atoms. The fraction of sp³-hybridized carbons (Fsp3) is 0.545. The maximum Gasteiger partial charge on any atom is 0.325 e. The van der Waals surface area contributed by atoms with E-state index in [9.17, 15) is 19.5 Å². The average molecular weight is 253 g/mol. The van der Waals surface area contributed by atoms with E-state index in [-0.39, 0.29) is 11.5 Å². The first-order valence-electron chi connectivity index (χ1n) is 5.78. The molecular formula is C11H15N3O4. The van der Waals surface area contributed by atoms with Crippen LogP contribution in [0.15, 0.2) is 15.8 Å². The van der Waals surface area contributed by atoms with Gasteiger partial charge in [-0.15, -0.1) is 0 Å². The minimum absolute atomic E-state index is 0.0236. The molecule has 1 amide bonds. The van der Waals surface area contributed by atoms with Crippen LogP contribution in [0.4, 0.5) is 0 Å². The average Bonchev–Trinajstić information content (AvgIpc) is 2.32. The van der Waals surface area contributed by atoms with Gasteiger partial charge >= 0.3 is 5.69 Å². The van der Waals surface area contributed by atoms with Gasteiger partial charge in [-0.05, 0) is 12.3 Å². The van der Waals surface area contributed by atoms with Crippen molar-refractivity contribution in [3.05, 3.63) is 32.6 Å². The van der Waals surface area contributed by atoms with Crippen LogP contribution in [0.3, 0.4) is 0 Å². The number of H-pyrrole nitrogens is 2. The van der Waals surface area contributed by atoms with E-state index < -0.39 is 23.3 Å². The van der Waals surface area contributed by atoms with Crippen molar-refractivity contribution < 1.29 is 9.90 Å². The molecule has 3 N–H and O–H groups in total. The first kappa shape index (κ1) is 12.6. The van der Waals surface area contributed by atoms with Crippen LogP contribution in [0.1, 0.15) is 23.7 Å². The molecule has 1 fully saturated rings. The van der Waals surface area contributed by atoms with Gasteiger partial charge in [0.25, 0.3) is 11.5 Å². The molecule has 0 aromatic carbocycles. The number of amides is 1. The number of aliphatic hydroxyl groups is 1. The van der Waals surface area contributed by atoms with Crippen molar-refractivity contribution in [2.24, 2.45) is 5.92 Å². The summed E-state index contributed by atoms with van der Waals surface area (Å²) >= 11 is 0. The van der Waals surface area contributed by atoms with E-state index in [1.807, 2.05) is 11.9 Å². The van der Waals surface area contributed by atoms with E-state index in [0.717, 1.165) is 6.20 Å². The van der Waals surface area contributed by atoms with E-state index in [1.54, 1.807) is 0 Å². The highest BCUT2D eigenvalue weighted by Crippen LogP contribution is 2.17. The Labute approximate surface area is 102 Å². The Morgan fingerprint density at radius 2 is 2.22 bits per heavy atom. The molecule has 0 radical (unpaired) electrons. The number of likely N-dealkylation sites (tertiary alicyclic amines) is 1. The SMILES string of the molecule is CC1CN(C(=O)c2c[nH]c(=O)[nH]c2=O)CCC1O. The molecule has 98 valence electrons. The number of aliphatic hydroxyl groups excluding tert-OH is 1. The number of carbonyl (C=O) groups excluding carboxylic acids is 1. The maximum absolute atomic E-state index is 12.1. The van der Waals surface area contributed by atoms with Crippen LogP contribution >= 0.6 is 0 Å².